The maximum atomic E-state index is 11.9. The van der Waals surface area contributed by atoms with E-state index in [1.807, 2.05) is 0 Å². The molecule has 0 spiro atoms. The van der Waals surface area contributed by atoms with Crippen LogP contribution in [0.15, 0.2) is 18.2 Å². The number of nitrogens with zero attached hydrogens (tertiary/aromatic N) is 1. The number of amides is 1. The highest BCUT2D eigenvalue weighted by Gasteiger charge is 2.14. The lowest BCUT2D eigenvalue weighted by Crippen LogP contribution is -2.29. The van der Waals surface area contributed by atoms with Crippen LogP contribution in [0, 0.1) is 6.92 Å². The van der Waals surface area contributed by atoms with Crippen LogP contribution in [0.2, 0.25) is 0 Å². The molecule has 0 bridgehead atoms. The Bertz CT molecular complexity index is 366. The molecule has 0 aliphatic carbocycles. The molecule has 1 aromatic rings. The fourth-order valence-electron chi connectivity index (χ4n) is 1.29. The Kier molecular flexibility index (Phi) is 3.97. The standard InChI is InChI=1S/C11H14ClNO2/c1-8-9(4-3-5-10(8)14)11(15)13(2)7-6-12/h3-5,14H,6-7H2,1-2H3. The van der Waals surface area contributed by atoms with Crippen molar-refractivity contribution in [3.8, 4) is 5.75 Å². The van der Waals surface area contributed by atoms with Crippen molar-refractivity contribution in [1.29, 1.82) is 0 Å². The molecule has 0 aliphatic rings. The van der Waals surface area contributed by atoms with Crippen molar-refractivity contribution in [2.45, 2.75) is 6.92 Å². The van der Waals surface area contributed by atoms with Gasteiger partial charge in [0.05, 0.1) is 0 Å². The number of rotatable bonds is 3. The van der Waals surface area contributed by atoms with Gasteiger partial charge < -0.3 is 10.0 Å². The highest BCUT2D eigenvalue weighted by Crippen LogP contribution is 2.20. The zero-order valence-corrected chi connectivity index (χ0v) is 9.58. The Morgan fingerprint density at radius 2 is 2.20 bits per heavy atom. The van der Waals surface area contributed by atoms with Crippen molar-refractivity contribution < 1.29 is 9.90 Å². The summed E-state index contributed by atoms with van der Waals surface area (Å²) in [7, 11) is 1.69. The molecule has 0 aromatic heterocycles. The van der Waals surface area contributed by atoms with E-state index in [0.717, 1.165) is 0 Å². The Hall–Kier alpha value is -1.22. The van der Waals surface area contributed by atoms with Crippen LogP contribution in [-0.4, -0.2) is 35.4 Å². The van der Waals surface area contributed by atoms with Gasteiger partial charge in [0.2, 0.25) is 0 Å². The van der Waals surface area contributed by atoms with E-state index in [9.17, 15) is 9.90 Å². The third kappa shape index (κ3) is 2.63. The second kappa shape index (κ2) is 5.03. The second-order valence-corrected chi connectivity index (χ2v) is 3.74. The van der Waals surface area contributed by atoms with E-state index in [2.05, 4.69) is 0 Å². The third-order valence-corrected chi connectivity index (χ3v) is 2.47. The minimum atomic E-state index is -0.121. The molecule has 15 heavy (non-hydrogen) atoms. The van der Waals surface area contributed by atoms with E-state index in [4.69, 9.17) is 11.6 Å². The van der Waals surface area contributed by atoms with Crippen LogP contribution in [0.3, 0.4) is 0 Å². The van der Waals surface area contributed by atoms with Crippen LogP contribution in [0.1, 0.15) is 15.9 Å². The topological polar surface area (TPSA) is 40.5 Å². The summed E-state index contributed by atoms with van der Waals surface area (Å²) in [6.07, 6.45) is 0. The van der Waals surface area contributed by atoms with Gasteiger partial charge in [-0.1, -0.05) is 6.07 Å². The minimum Gasteiger partial charge on any atom is -0.508 e. The number of hydrogen-bond acceptors (Lipinski definition) is 2. The summed E-state index contributed by atoms with van der Waals surface area (Å²) >= 11 is 5.56. The lowest BCUT2D eigenvalue weighted by atomic mass is 10.1. The van der Waals surface area contributed by atoms with Crippen LogP contribution < -0.4 is 0 Å². The monoisotopic (exact) mass is 227 g/mol. The lowest BCUT2D eigenvalue weighted by molar-refractivity contribution is 0.0802. The summed E-state index contributed by atoms with van der Waals surface area (Å²) < 4.78 is 0. The van der Waals surface area contributed by atoms with E-state index in [-0.39, 0.29) is 11.7 Å². The van der Waals surface area contributed by atoms with Crippen molar-refractivity contribution in [1.82, 2.24) is 4.90 Å². The number of phenols is 1. The molecule has 0 saturated heterocycles. The van der Waals surface area contributed by atoms with Crippen molar-refractivity contribution in [3.63, 3.8) is 0 Å². The molecule has 0 heterocycles. The largest absolute Gasteiger partial charge is 0.508 e. The molecule has 82 valence electrons. The molecule has 1 N–H and O–H groups in total. The lowest BCUT2D eigenvalue weighted by Gasteiger charge is -2.17. The van der Waals surface area contributed by atoms with Crippen LogP contribution >= 0.6 is 11.6 Å². The second-order valence-electron chi connectivity index (χ2n) is 3.37. The highest BCUT2D eigenvalue weighted by molar-refractivity contribution is 6.18. The first kappa shape index (κ1) is 11.9. The van der Waals surface area contributed by atoms with Crippen molar-refractivity contribution in [3.05, 3.63) is 29.3 Å². The zero-order chi connectivity index (χ0) is 11.4. The fourth-order valence-corrected chi connectivity index (χ4v) is 1.54. The van der Waals surface area contributed by atoms with Crippen LogP contribution in [-0.2, 0) is 0 Å². The van der Waals surface area contributed by atoms with Gasteiger partial charge in [-0.2, -0.15) is 0 Å². The summed E-state index contributed by atoms with van der Waals surface area (Å²) in [5, 5.41) is 9.46. The average Bonchev–Trinajstić information content (AvgIpc) is 2.21. The summed E-state index contributed by atoms with van der Waals surface area (Å²) in [5.74, 6) is 0.421. The molecular formula is C11H14ClNO2. The van der Waals surface area contributed by atoms with Crippen molar-refractivity contribution in [2.75, 3.05) is 19.5 Å². The van der Waals surface area contributed by atoms with Crippen LogP contribution in [0.25, 0.3) is 0 Å². The molecule has 1 aromatic carbocycles. The van der Waals surface area contributed by atoms with Crippen LogP contribution in [0.5, 0.6) is 5.75 Å². The molecule has 1 rings (SSSR count). The molecule has 0 aliphatic heterocycles. The Balaban J connectivity index is 2.96. The van der Waals surface area contributed by atoms with E-state index >= 15 is 0 Å². The number of aromatic hydroxyl groups is 1. The summed E-state index contributed by atoms with van der Waals surface area (Å²) in [6, 6.07) is 4.92. The maximum Gasteiger partial charge on any atom is 0.254 e. The quantitative estimate of drug-likeness (QED) is 0.803. The van der Waals surface area contributed by atoms with Gasteiger partial charge in [0, 0.05) is 30.6 Å². The van der Waals surface area contributed by atoms with Gasteiger partial charge in [0.15, 0.2) is 0 Å². The zero-order valence-electron chi connectivity index (χ0n) is 8.83. The molecule has 0 unspecified atom stereocenters. The molecule has 0 fully saturated rings. The summed E-state index contributed by atoms with van der Waals surface area (Å²) in [6.45, 7) is 2.21. The normalized spacial score (nSPS) is 10.1. The van der Waals surface area contributed by atoms with Crippen molar-refractivity contribution in [2.24, 2.45) is 0 Å². The number of halogens is 1. The number of carbonyl (C=O) groups is 1. The molecule has 3 nitrogen and oxygen atoms in total. The van der Waals surface area contributed by atoms with Gasteiger partial charge in [-0.05, 0) is 19.1 Å². The molecule has 0 saturated carbocycles. The van der Waals surface area contributed by atoms with Crippen molar-refractivity contribution >= 4 is 17.5 Å². The third-order valence-electron chi connectivity index (χ3n) is 2.30. The molecule has 4 heteroatoms. The van der Waals surface area contributed by atoms with Gasteiger partial charge in [-0.3, -0.25) is 4.79 Å². The molecule has 1 amide bonds. The first-order valence-corrected chi connectivity index (χ1v) is 5.21. The maximum absolute atomic E-state index is 11.9. The first-order chi connectivity index (χ1) is 7.07. The molecule has 0 atom stereocenters. The van der Waals surface area contributed by atoms with E-state index in [1.54, 1.807) is 32.2 Å². The van der Waals surface area contributed by atoms with Gasteiger partial charge in [0.1, 0.15) is 5.75 Å². The predicted molar refractivity (Wildman–Crippen MR) is 60.5 cm³/mol. The van der Waals surface area contributed by atoms with E-state index < -0.39 is 0 Å². The number of alkyl halides is 1. The van der Waals surface area contributed by atoms with Gasteiger partial charge in [0.25, 0.3) is 5.91 Å². The number of benzene rings is 1. The summed E-state index contributed by atoms with van der Waals surface area (Å²) in [4.78, 5) is 13.4. The number of carbonyl (C=O) groups excluding carboxylic acids is 1. The summed E-state index contributed by atoms with van der Waals surface area (Å²) in [5.41, 5.74) is 1.12. The smallest absolute Gasteiger partial charge is 0.254 e. The fraction of sp³-hybridized carbons (Fsp3) is 0.364. The first-order valence-electron chi connectivity index (χ1n) is 4.68. The highest BCUT2D eigenvalue weighted by atomic mass is 35.5. The van der Waals surface area contributed by atoms with E-state index in [1.165, 1.54) is 4.90 Å². The van der Waals surface area contributed by atoms with E-state index in [0.29, 0.717) is 23.6 Å². The van der Waals surface area contributed by atoms with Gasteiger partial charge in [-0.15, -0.1) is 11.6 Å². The minimum absolute atomic E-state index is 0.121. The predicted octanol–water partition coefficient (Wildman–Crippen LogP) is 2.01. The molecule has 0 radical (unpaired) electrons. The Labute approximate surface area is 94.3 Å². The van der Waals surface area contributed by atoms with Crippen LogP contribution in [0.4, 0.5) is 0 Å². The SMILES string of the molecule is Cc1c(O)cccc1C(=O)N(C)CCCl. The average molecular weight is 228 g/mol. The van der Waals surface area contributed by atoms with Gasteiger partial charge >= 0.3 is 0 Å². The Morgan fingerprint density at radius 1 is 1.53 bits per heavy atom. The van der Waals surface area contributed by atoms with Gasteiger partial charge in [-0.25, -0.2) is 0 Å². The number of hydrogen-bond donors (Lipinski definition) is 1. The number of phenolic OH excluding ortho intramolecular Hbond substituents is 1. The Morgan fingerprint density at radius 3 is 2.80 bits per heavy atom. The molecular weight excluding hydrogens is 214 g/mol.